The SMILES string of the molecule is CCCCCCCCc1ccc(-c2ccc(-c3ccc(CCC)cc3)cc2)cn1. The zero-order valence-electron chi connectivity index (χ0n) is 18.2. The number of hydrogen-bond donors (Lipinski definition) is 0. The van der Waals surface area contributed by atoms with Crippen LogP contribution in [0.15, 0.2) is 66.9 Å². The van der Waals surface area contributed by atoms with Crippen LogP contribution in [0.5, 0.6) is 0 Å². The van der Waals surface area contributed by atoms with Gasteiger partial charge in [-0.1, -0.05) is 107 Å². The predicted octanol–water partition coefficient (Wildman–Crippen LogP) is 8.27. The fraction of sp³-hybridized carbons (Fsp3) is 0.393. The van der Waals surface area contributed by atoms with Crippen molar-refractivity contribution in [1.29, 1.82) is 0 Å². The van der Waals surface area contributed by atoms with Gasteiger partial charge in [-0.2, -0.15) is 0 Å². The summed E-state index contributed by atoms with van der Waals surface area (Å²) in [6.45, 7) is 4.49. The number of aromatic nitrogens is 1. The van der Waals surface area contributed by atoms with Gasteiger partial charge in [-0.3, -0.25) is 4.98 Å². The van der Waals surface area contributed by atoms with Crippen LogP contribution < -0.4 is 0 Å². The first-order valence-corrected chi connectivity index (χ1v) is 11.4. The lowest BCUT2D eigenvalue weighted by molar-refractivity contribution is 0.605. The van der Waals surface area contributed by atoms with E-state index >= 15 is 0 Å². The number of aryl methyl sites for hydroxylation is 2. The van der Waals surface area contributed by atoms with E-state index in [9.17, 15) is 0 Å². The number of rotatable bonds is 11. The van der Waals surface area contributed by atoms with Crippen molar-refractivity contribution in [3.63, 3.8) is 0 Å². The second-order valence-electron chi connectivity index (χ2n) is 8.08. The molecule has 0 aliphatic carbocycles. The molecule has 0 amide bonds. The van der Waals surface area contributed by atoms with E-state index in [1.54, 1.807) is 0 Å². The highest BCUT2D eigenvalue weighted by Crippen LogP contribution is 2.25. The Hall–Kier alpha value is -2.41. The van der Waals surface area contributed by atoms with E-state index in [2.05, 4.69) is 74.5 Å². The van der Waals surface area contributed by atoms with Crippen LogP contribution in [0.2, 0.25) is 0 Å². The van der Waals surface area contributed by atoms with E-state index in [0.717, 1.165) is 12.8 Å². The molecule has 1 heteroatoms. The largest absolute Gasteiger partial charge is 0.261 e. The average Bonchev–Trinajstić information content (AvgIpc) is 2.78. The van der Waals surface area contributed by atoms with E-state index < -0.39 is 0 Å². The molecule has 1 aromatic heterocycles. The second-order valence-corrected chi connectivity index (χ2v) is 8.08. The monoisotopic (exact) mass is 385 g/mol. The summed E-state index contributed by atoms with van der Waals surface area (Å²) < 4.78 is 0. The predicted molar refractivity (Wildman–Crippen MR) is 126 cm³/mol. The third-order valence-corrected chi connectivity index (χ3v) is 5.66. The highest BCUT2D eigenvalue weighted by atomic mass is 14.7. The van der Waals surface area contributed by atoms with E-state index in [-0.39, 0.29) is 0 Å². The van der Waals surface area contributed by atoms with Crippen molar-refractivity contribution in [1.82, 2.24) is 4.98 Å². The number of benzene rings is 2. The van der Waals surface area contributed by atoms with Gasteiger partial charge in [0.25, 0.3) is 0 Å². The van der Waals surface area contributed by atoms with E-state index in [4.69, 9.17) is 4.98 Å². The minimum atomic E-state index is 1.10. The second kappa shape index (κ2) is 11.6. The maximum absolute atomic E-state index is 4.70. The topological polar surface area (TPSA) is 12.9 Å². The molecule has 0 bridgehead atoms. The fourth-order valence-electron chi connectivity index (χ4n) is 3.84. The van der Waals surface area contributed by atoms with Crippen LogP contribution >= 0.6 is 0 Å². The molecule has 0 aliphatic heterocycles. The van der Waals surface area contributed by atoms with E-state index in [1.165, 1.54) is 78.5 Å². The highest BCUT2D eigenvalue weighted by Gasteiger charge is 2.03. The Bertz CT molecular complexity index is 829. The summed E-state index contributed by atoms with van der Waals surface area (Å²) in [6.07, 6.45) is 13.5. The molecular weight excluding hydrogens is 350 g/mol. The van der Waals surface area contributed by atoms with Crippen LogP contribution in [-0.4, -0.2) is 4.98 Å². The number of nitrogens with zero attached hydrogens (tertiary/aromatic N) is 1. The van der Waals surface area contributed by atoms with Gasteiger partial charge in [0, 0.05) is 17.5 Å². The molecule has 0 fully saturated rings. The third-order valence-electron chi connectivity index (χ3n) is 5.66. The lowest BCUT2D eigenvalue weighted by Gasteiger charge is -2.07. The third kappa shape index (κ3) is 6.56. The molecule has 0 saturated heterocycles. The molecule has 0 aliphatic rings. The lowest BCUT2D eigenvalue weighted by Crippen LogP contribution is -1.91. The van der Waals surface area contributed by atoms with Crippen molar-refractivity contribution in [3.8, 4) is 22.3 Å². The summed E-state index contributed by atoms with van der Waals surface area (Å²) in [5.74, 6) is 0. The average molecular weight is 386 g/mol. The maximum Gasteiger partial charge on any atom is 0.0404 e. The molecule has 0 unspecified atom stereocenters. The molecule has 0 radical (unpaired) electrons. The van der Waals surface area contributed by atoms with Crippen LogP contribution in [0, 0.1) is 0 Å². The smallest absolute Gasteiger partial charge is 0.0404 e. The molecule has 0 N–H and O–H groups in total. The van der Waals surface area contributed by atoms with Crippen molar-refractivity contribution in [2.24, 2.45) is 0 Å². The van der Waals surface area contributed by atoms with Gasteiger partial charge in [-0.25, -0.2) is 0 Å². The van der Waals surface area contributed by atoms with Crippen molar-refractivity contribution >= 4 is 0 Å². The van der Waals surface area contributed by atoms with Crippen molar-refractivity contribution < 1.29 is 0 Å². The van der Waals surface area contributed by atoms with Gasteiger partial charge < -0.3 is 0 Å². The Labute approximate surface area is 177 Å². The minimum absolute atomic E-state index is 1.10. The Balaban J connectivity index is 1.55. The minimum Gasteiger partial charge on any atom is -0.261 e. The van der Waals surface area contributed by atoms with Crippen LogP contribution in [0.25, 0.3) is 22.3 Å². The van der Waals surface area contributed by atoms with Gasteiger partial charge in [0.1, 0.15) is 0 Å². The highest BCUT2D eigenvalue weighted by molar-refractivity contribution is 5.70. The summed E-state index contributed by atoms with van der Waals surface area (Å²) in [7, 11) is 0. The first-order valence-electron chi connectivity index (χ1n) is 11.4. The van der Waals surface area contributed by atoms with Crippen LogP contribution in [0.3, 0.4) is 0 Å². The summed E-state index contributed by atoms with van der Waals surface area (Å²) >= 11 is 0. The Kier molecular flexibility index (Phi) is 8.49. The zero-order valence-corrected chi connectivity index (χ0v) is 18.2. The zero-order chi connectivity index (χ0) is 20.3. The molecule has 1 nitrogen and oxygen atoms in total. The molecule has 3 aromatic rings. The van der Waals surface area contributed by atoms with Crippen molar-refractivity contribution in [3.05, 3.63) is 78.1 Å². The standard InChI is InChI=1S/C28H35N/c1-3-5-6-7-8-9-11-28-21-20-27(22-29-28)26-18-16-25(17-19-26)24-14-12-23(10-4-2)13-15-24/h12-22H,3-11H2,1-2H3. The molecule has 0 spiro atoms. The van der Waals surface area contributed by atoms with Gasteiger partial charge in [0.05, 0.1) is 0 Å². The first-order chi connectivity index (χ1) is 14.3. The van der Waals surface area contributed by atoms with Gasteiger partial charge in [-0.15, -0.1) is 0 Å². The Morgan fingerprint density at radius 3 is 1.66 bits per heavy atom. The van der Waals surface area contributed by atoms with Crippen molar-refractivity contribution in [2.45, 2.75) is 71.6 Å². The van der Waals surface area contributed by atoms with E-state index in [0.29, 0.717) is 0 Å². The molecule has 2 aromatic carbocycles. The van der Waals surface area contributed by atoms with Gasteiger partial charge in [0.15, 0.2) is 0 Å². The Morgan fingerprint density at radius 2 is 1.07 bits per heavy atom. The molecular formula is C28H35N. The quantitative estimate of drug-likeness (QED) is 0.303. The maximum atomic E-state index is 4.70. The van der Waals surface area contributed by atoms with Gasteiger partial charge in [-0.05, 0) is 47.6 Å². The van der Waals surface area contributed by atoms with Crippen LogP contribution in [0.1, 0.15) is 70.1 Å². The fourth-order valence-corrected chi connectivity index (χ4v) is 3.84. The lowest BCUT2D eigenvalue weighted by atomic mass is 9.99. The molecule has 0 atom stereocenters. The molecule has 152 valence electrons. The molecule has 3 rings (SSSR count). The van der Waals surface area contributed by atoms with Crippen LogP contribution in [-0.2, 0) is 12.8 Å². The van der Waals surface area contributed by atoms with Gasteiger partial charge >= 0.3 is 0 Å². The summed E-state index contributed by atoms with van der Waals surface area (Å²) in [6, 6.07) is 22.2. The van der Waals surface area contributed by atoms with Crippen LogP contribution in [0.4, 0.5) is 0 Å². The van der Waals surface area contributed by atoms with E-state index in [1.807, 2.05) is 6.20 Å². The number of hydrogen-bond acceptors (Lipinski definition) is 1. The molecule has 1 heterocycles. The van der Waals surface area contributed by atoms with Crippen molar-refractivity contribution in [2.75, 3.05) is 0 Å². The normalized spacial score (nSPS) is 11.0. The summed E-state index contributed by atoms with van der Waals surface area (Å²) in [5.41, 5.74) is 7.61. The first kappa shape index (κ1) is 21.3. The summed E-state index contributed by atoms with van der Waals surface area (Å²) in [4.78, 5) is 4.70. The number of unbranched alkanes of at least 4 members (excludes halogenated alkanes) is 5. The number of pyridine rings is 1. The summed E-state index contributed by atoms with van der Waals surface area (Å²) in [5, 5.41) is 0. The Morgan fingerprint density at radius 1 is 0.517 bits per heavy atom. The molecule has 0 saturated carbocycles. The molecule has 29 heavy (non-hydrogen) atoms. The van der Waals surface area contributed by atoms with Gasteiger partial charge in [0.2, 0.25) is 0 Å².